The summed E-state index contributed by atoms with van der Waals surface area (Å²) in [4.78, 5) is 10.3. The van der Waals surface area contributed by atoms with Crippen molar-refractivity contribution in [2.24, 2.45) is 0 Å². The second kappa shape index (κ2) is 6.60. The first kappa shape index (κ1) is 13.9. The van der Waals surface area contributed by atoms with Gasteiger partial charge in [-0.15, -0.1) is 10.2 Å². The molecule has 2 aromatic rings. The summed E-state index contributed by atoms with van der Waals surface area (Å²) in [7, 11) is 0. The van der Waals surface area contributed by atoms with E-state index in [1.165, 1.54) is 11.3 Å². The van der Waals surface area contributed by atoms with Gasteiger partial charge < -0.3 is 10.6 Å². The van der Waals surface area contributed by atoms with Gasteiger partial charge in [0.25, 0.3) is 0 Å². The van der Waals surface area contributed by atoms with Crippen molar-refractivity contribution in [3.63, 3.8) is 0 Å². The van der Waals surface area contributed by atoms with Gasteiger partial charge in [-0.1, -0.05) is 35.1 Å². The van der Waals surface area contributed by atoms with E-state index in [1.54, 1.807) is 0 Å². The van der Waals surface area contributed by atoms with Crippen LogP contribution in [0.5, 0.6) is 0 Å². The minimum absolute atomic E-state index is 0.0652. The minimum Gasteiger partial charge on any atom is -0.304 e. The number of halogens is 1. The van der Waals surface area contributed by atoms with Crippen molar-refractivity contribution < 1.29 is 4.79 Å². The van der Waals surface area contributed by atoms with Gasteiger partial charge >= 0.3 is 0 Å². The van der Waals surface area contributed by atoms with E-state index >= 15 is 0 Å². The Bertz CT molecular complexity index is 543. The number of amides is 1. The maximum absolute atomic E-state index is 10.3. The van der Waals surface area contributed by atoms with E-state index in [0.29, 0.717) is 18.1 Å². The number of benzene rings is 1. The summed E-state index contributed by atoms with van der Waals surface area (Å²) in [6, 6.07) is 7.74. The Morgan fingerprint density at radius 3 is 2.79 bits per heavy atom. The molecule has 5 nitrogen and oxygen atoms in total. The molecule has 0 radical (unpaired) electrons. The third kappa shape index (κ3) is 3.99. The van der Waals surface area contributed by atoms with Crippen LogP contribution in [0.15, 0.2) is 24.3 Å². The molecular weight excluding hydrogens is 284 g/mol. The van der Waals surface area contributed by atoms with Crippen molar-refractivity contribution in [1.82, 2.24) is 15.5 Å². The first-order chi connectivity index (χ1) is 9.19. The topological polar surface area (TPSA) is 66.9 Å². The van der Waals surface area contributed by atoms with Gasteiger partial charge in [-0.25, -0.2) is 0 Å². The molecule has 0 aliphatic carbocycles. The van der Waals surface area contributed by atoms with Crippen molar-refractivity contribution in [3.8, 4) is 0 Å². The second-order valence-electron chi connectivity index (χ2n) is 3.94. The van der Waals surface area contributed by atoms with Gasteiger partial charge in [0, 0.05) is 11.6 Å². The van der Waals surface area contributed by atoms with Gasteiger partial charge in [-0.2, -0.15) is 0 Å². The second-order valence-corrected chi connectivity index (χ2v) is 5.38. The highest BCUT2D eigenvalue weighted by Crippen LogP contribution is 2.21. The number of hydrogen-bond donors (Lipinski definition) is 2. The molecule has 0 aliphatic heterocycles. The number of hydrogen-bond acceptors (Lipinski definition) is 5. The van der Waals surface area contributed by atoms with Gasteiger partial charge in [-0.05, 0) is 24.6 Å². The monoisotopic (exact) mass is 296 g/mol. The molecule has 0 saturated carbocycles. The Hall–Kier alpha value is -1.50. The van der Waals surface area contributed by atoms with Gasteiger partial charge in [0.05, 0.1) is 6.04 Å². The van der Waals surface area contributed by atoms with Crippen LogP contribution in [0.2, 0.25) is 5.02 Å². The van der Waals surface area contributed by atoms with E-state index in [2.05, 4.69) is 20.8 Å². The summed E-state index contributed by atoms with van der Waals surface area (Å²) < 4.78 is 0. The molecule has 0 fully saturated rings. The molecule has 0 bridgehead atoms. The molecule has 19 heavy (non-hydrogen) atoms. The number of nitrogens with zero attached hydrogens (tertiary/aromatic N) is 2. The first-order valence-electron chi connectivity index (χ1n) is 5.70. The summed E-state index contributed by atoms with van der Waals surface area (Å²) in [6.45, 7) is 2.72. The Morgan fingerprint density at radius 1 is 1.37 bits per heavy atom. The average Bonchev–Trinajstić information content (AvgIpc) is 2.87. The molecule has 100 valence electrons. The number of anilines is 1. The highest BCUT2D eigenvalue weighted by Gasteiger charge is 2.11. The van der Waals surface area contributed by atoms with Gasteiger partial charge in [0.2, 0.25) is 11.5 Å². The van der Waals surface area contributed by atoms with E-state index in [0.717, 1.165) is 15.6 Å². The summed E-state index contributed by atoms with van der Waals surface area (Å²) in [6.07, 6.45) is 0.593. The van der Waals surface area contributed by atoms with E-state index in [-0.39, 0.29) is 6.04 Å². The lowest BCUT2D eigenvalue weighted by Crippen LogP contribution is -2.17. The SMILES string of the molecule is CC(NCc1ccc(Cl)cc1)c1nnc(NC=O)s1. The van der Waals surface area contributed by atoms with Crippen LogP contribution in [0.1, 0.15) is 23.5 Å². The predicted octanol–water partition coefficient (Wildman–Crippen LogP) is 2.61. The molecule has 0 saturated heterocycles. The van der Waals surface area contributed by atoms with Crippen LogP contribution in [0.25, 0.3) is 0 Å². The molecule has 1 atom stereocenters. The highest BCUT2D eigenvalue weighted by atomic mass is 35.5. The maximum Gasteiger partial charge on any atom is 0.213 e. The molecule has 1 amide bonds. The quantitative estimate of drug-likeness (QED) is 0.804. The lowest BCUT2D eigenvalue weighted by atomic mass is 10.2. The van der Waals surface area contributed by atoms with Crippen LogP contribution in [-0.2, 0) is 11.3 Å². The lowest BCUT2D eigenvalue weighted by molar-refractivity contribution is -0.105. The predicted molar refractivity (Wildman–Crippen MR) is 76.3 cm³/mol. The fraction of sp³-hybridized carbons (Fsp3) is 0.250. The number of carbonyl (C=O) groups excluding carboxylic acids is 1. The summed E-state index contributed by atoms with van der Waals surface area (Å²) >= 11 is 7.19. The van der Waals surface area contributed by atoms with E-state index in [9.17, 15) is 4.79 Å². The summed E-state index contributed by atoms with van der Waals surface area (Å²) in [5.74, 6) is 0. The van der Waals surface area contributed by atoms with Gasteiger partial charge in [0.1, 0.15) is 5.01 Å². The zero-order chi connectivity index (χ0) is 13.7. The molecular formula is C12H13ClN4OS. The first-order valence-corrected chi connectivity index (χ1v) is 6.90. The van der Waals surface area contributed by atoms with Crippen molar-refractivity contribution in [2.45, 2.75) is 19.5 Å². The van der Waals surface area contributed by atoms with E-state index < -0.39 is 0 Å². The number of carbonyl (C=O) groups is 1. The largest absolute Gasteiger partial charge is 0.304 e. The normalized spacial score (nSPS) is 12.1. The lowest BCUT2D eigenvalue weighted by Gasteiger charge is -2.10. The molecule has 2 rings (SSSR count). The van der Waals surface area contributed by atoms with E-state index in [1.807, 2.05) is 31.2 Å². The molecule has 1 unspecified atom stereocenters. The van der Waals surface area contributed by atoms with Crippen LogP contribution < -0.4 is 10.6 Å². The molecule has 1 aromatic heterocycles. The van der Waals surface area contributed by atoms with Crippen LogP contribution in [0.4, 0.5) is 5.13 Å². The molecule has 7 heteroatoms. The van der Waals surface area contributed by atoms with Crippen LogP contribution in [0, 0.1) is 0 Å². The molecule has 0 aliphatic rings. The van der Waals surface area contributed by atoms with Gasteiger partial charge in [0.15, 0.2) is 0 Å². The summed E-state index contributed by atoms with van der Waals surface area (Å²) in [5.41, 5.74) is 1.15. The highest BCUT2D eigenvalue weighted by molar-refractivity contribution is 7.15. The molecule has 0 spiro atoms. The van der Waals surface area contributed by atoms with Crippen LogP contribution >= 0.6 is 22.9 Å². The Kier molecular flexibility index (Phi) is 4.84. The van der Waals surface area contributed by atoms with Crippen LogP contribution in [0.3, 0.4) is 0 Å². The third-order valence-electron chi connectivity index (χ3n) is 2.52. The number of rotatable bonds is 6. The Balaban J connectivity index is 1.91. The maximum atomic E-state index is 10.3. The number of aromatic nitrogens is 2. The zero-order valence-corrected chi connectivity index (χ0v) is 11.8. The van der Waals surface area contributed by atoms with Crippen molar-refractivity contribution in [2.75, 3.05) is 5.32 Å². The average molecular weight is 297 g/mol. The van der Waals surface area contributed by atoms with Crippen LogP contribution in [-0.4, -0.2) is 16.6 Å². The van der Waals surface area contributed by atoms with Gasteiger partial charge in [-0.3, -0.25) is 4.79 Å². The standard InChI is InChI=1S/C12H13ClN4OS/c1-8(11-16-17-12(19-11)15-7-18)14-6-9-2-4-10(13)5-3-9/h2-5,7-8,14H,6H2,1H3,(H,15,17,18). The molecule has 1 aromatic carbocycles. The zero-order valence-electron chi connectivity index (χ0n) is 10.3. The summed E-state index contributed by atoms with van der Waals surface area (Å²) in [5, 5.41) is 15.8. The Labute approximate surface area is 120 Å². The Morgan fingerprint density at radius 2 is 2.11 bits per heavy atom. The third-order valence-corrected chi connectivity index (χ3v) is 3.81. The minimum atomic E-state index is 0.0652. The smallest absolute Gasteiger partial charge is 0.213 e. The molecule has 1 heterocycles. The fourth-order valence-corrected chi connectivity index (χ4v) is 2.33. The fourth-order valence-electron chi connectivity index (χ4n) is 1.48. The number of nitrogens with one attached hydrogen (secondary N) is 2. The van der Waals surface area contributed by atoms with Crippen molar-refractivity contribution in [1.29, 1.82) is 0 Å². The molecule has 2 N–H and O–H groups in total. The van der Waals surface area contributed by atoms with Crippen molar-refractivity contribution >= 4 is 34.5 Å². The van der Waals surface area contributed by atoms with E-state index in [4.69, 9.17) is 11.6 Å². The van der Waals surface area contributed by atoms with Crippen molar-refractivity contribution in [3.05, 3.63) is 39.9 Å².